The number of rotatable bonds is 5. The molecule has 1 nitrogen and oxygen atoms in total. The van der Waals surface area contributed by atoms with E-state index < -0.39 is 0 Å². The van der Waals surface area contributed by atoms with Gasteiger partial charge in [0.15, 0.2) is 0 Å². The van der Waals surface area contributed by atoms with Crippen LogP contribution in [-0.4, -0.2) is 16.3 Å². The average Bonchev–Trinajstić information content (AvgIpc) is 2.18. The van der Waals surface area contributed by atoms with Crippen LogP contribution in [0.25, 0.3) is 0 Å². The first-order chi connectivity index (χ1) is 7.15. The molecule has 0 heterocycles. The van der Waals surface area contributed by atoms with Crippen molar-refractivity contribution in [2.24, 2.45) is 0 Å². The molecule has 0 saturated heterocycles. The van der Waals surface area contributed by atoms with E-state index in [0.717, 1.165) is 17.4 Å². The van der Waals surface area contributed by atoms with Gasteiger partial charge >= 0.3 is 0 Å². The summed E-state index contributed by atoms with van der Waals surface area (Å²) in [6.45, 7) is 6.32. The average molecular weight is 219 g/mol. The van der Waals surface area contributed by atoms with Gasteiger partial charge in [0, 0.05) is 0 Å². The van der Waals surface area contributed by atoms with Crippen LogP contribution in [0.3, 0.4) is 0 Å². The maximum atomic E-state index is 5.82. The largest absolute Gasteiger partial charge is 0.491 e. The Hall–Kier alpha value is -0.763. The number of aryl methyl sites for hydroxylation is 1. The van der Waals surface area contributed by atoms with E-state index >= 15 is 0 Å². The highest BCUT2D eigenvalue weighted by molar-refractivity contribution is 6.34. The van der Waals surface area contributed by atoms with Crippen molar-refractivity contribution in [1.82, 2.24) is 0 Å². The smallest absolute Gasteiger partial charge is 0.121 e. The lowest BCUT2D eigenvalue weighted by Gasteiger charge is -2.16. The third-order valence-electron chi connectivity index (χ3n) is 2.25. The highest BCUT2D eigenvalue weighted by Crippen LogP contribution is 2.18. The Balaban J connectivity index is 2.87. The van der Waals surface area contributed by atoms with Crippen LogP contribution >= 0.6 is 0 Å². The van der Waals surface area contributed by atoms with Crippen molar-refractivity contribution in [1.29, 1.82) is 0 Å². The molecule has 1 aromatic carbocycles. The van der Waals surface area contributed by atoms with Crippen LogP contribution in [0.1, 0.15) is 39.2 Å². The van der Waals surface area contributed by atoms with E-state index in [9.17, 15) is 0 Å². The van der Waals surface area contributed by atoms with Gasteiger partial charge in [-0.1, -0.05) is 31.5 Å². The number of hydrogen-bond acceptors (Lipinski definition) is 1. The van der Waals surface area contributed by atoms with Gasteiger partial charge in [-0.05, 0) is 37.4 Å². The third kappa shape index (κ3) is 3.71. The first-order valence-corrected chi connectivity index (χ1v) is 6.15. The van der Waals surface area contributed by atoms with Gasteiger partial charge in [-0.25, -0.2) is 0 Å². The highest BCUT2D eigenvalue weighted by atomic mass is 28.1. The molecule has 0 fully saturated rings. The van der Waals surface area contributed by atoms with E-state index in [1.807, 2.05) is 6.07 Å². The van der Waals surface area contributed by atoms with Crippen LogP contribution in [0.5, 0.6) is 5.75 Å². The topological polar surface area (TPSA) is 9.23 Å². The number of unbranched alkanes of at least 4 members (excludes halogenated alkanes) is 1. The Morgan fingerprint density at radius 2 is 2.07 bits per heavy atom. The lowest BCUT2D eigenvalue weighted by atomic mass is 10.1. The minimum absolute atomic E-state index is 0.225. The van der Waals surface area contributed by atoms with E-state index in [1.165, 1.54) is 18.4 Å². The minimum atomic E-state index is 0.225. The number of ether oxygens (including phenoxy) is 1. The summed E-state index contributed by atoms with van der Waals surface area (Å²) >= 11 is 0. The summed E-state index contributed by atoms with van der Waals surface area (Å²) in [5.74, 6) is 1.01. The number of benzene rings is 1. The van der Waals surface area contributed by atoms with Crippen molar-refractivity contribution >= 4 is 15.4 Å². The Kier molecular flexibility index (Phi) is 4.89. The van der Waals surface area contributed by atoms with Gasteiger partial charge in [-0.2, -0.15) is 0 Å². The molecule has 0 saturated carbocycles. The van der Waals surface area contributed by atoms with Gasteiger partial charge in [0.05, 0.1) is 16.3 Å². The molecule has 0 aliphatic heterocycles. The molecular weight excluding hydrogens is 200 g/mol. The lowest BCUT2D eigenvalue weighted by Crippen LogP contribution is -2.16. The summed E-state index contributed by atoms with van der Waals surface area (Å²) < 4.78 is 5.82. The van der Waals surface area contributed by atoms with Crippen LogP contribution in [-0.2, 0) is 6.42 Å². The Bertz CT molecular complexity index is 307. The van der Waals surface area contributed by atoms with Crippen molar-refractivity contribution in [3.63, 3.8) is 0 Å². The van der Waals surface area contributed by atoms with Crippen LogP contribution in [0, 0.1) is 0 Å². The molecule has 0 aliphatic rings. The fourth-order valence-electron chi connectivity index (χ4n) is 1.52. The van der Waals surface area contributed by atoms with Gasteiger partial charge in [0.25, 0.3) is 0 Å². The van der Waals surface area contributed by atoms with Crippen molar-refractivity contribution in [3.8, 4) is 5.75 Å². The van der Waals surface area contributed by atoms with Crippen molar-refractivity contribution in [2.45, 2.75) is 46.1 Å². The van der Waals surface area contributed by atoms with E-state index in [2.05, 4.69) is 43.1 Å². The SMILES string of the molecule is CCCCc1cccc([Si])c1OC(C)C. The zero-order chi connectivity index (χ0) is 11.3. The lowest BCUT2D eigenvalue weighted by molar-refractivity contribution is 0.242. The summed E-state index contributed by atoms with van der Waals surface area (Å²) in [4.78, 5) is 0. The van der Waals surface area contributed by atoms with Crippen molar-refractivity contribution in [3.05, 3.63) is 23.8 Å². The molecule has 81 valence electrons. The normalized spacial score (nSPS) is 10.7. The van der Waals surface area contributed by atoms with E-state index in [4.69, 9.17) is 4.74 Å². The van der Waals surface area contributed by atoms with Gasteiger partial charge in [0.1, 0.15) is 5.75 Å². The van der Waals surface area contributed by atoms with Crippen LogP contribution in [0.4, 0.5) is 0 Å². The summed E-state index contributed by atoms with van der Waals surface area (Å²) in [6.07, 6.45) is 3.75. The van der Waals surface area contributed by atoms with E-state index in [0.29, 0.717) is 0 Å². The van der Waals surface area contributed by atoms with Gasteiger partial charge < -0.3 is 4.74 Å². The van der Waals surface area contributed by atoms with Gasteiger partial charge in [0.2, 0.25) is 0 Å². The molecule has 0 unspecified atom stereocenters. The van der Waals surface area contributed by atoms with Crippen LogP contribution in [0.15, 0.2) is 18.2 Å². The summed E-state index contributed by atoms with van der Waals surface area (Å²) in [5, 5.41) is 1.05. The quantitative estimate of drug-likeness (QED) is 0.692. The second-order valence-corrected chi connectivity index (χ2v) is 4.60. The first-order valence-electron chi connectivity index (χ1n) is 5.65. The highest BCUT2D eigenvalue weighted by Gasteiger charge is 2.07. The summed E-state index contributed by atoms with van der Waals surface area (Å²) in [7, 11) is 3.60. The molecule has 0 N–H and O–H groups in total. The third-order valence-corrected chi connectivity index (χ3v) is 2.64. The van der Waals surface area contributed by atoms with Crippen molar-refractivity contribution < 1.29 is 4.74 Å². The van der Waals surface area contributed by atoms with Gasteiger partial charge in [-0.15, -0.1) is 0 Å². The summed E-state index contributed by atoms with van der Waals surface area (Å²) in [6, 6.07) is 6.25. The zero-order valence-corrected chi connectivity index (χ0v) is 10.8. The molecule has 0 spiro atoms. The molecule has 0 aliphatic carbocycles. The molecule has 1 rings (SSSR count). The van der Waals surface area contributed by atoms with E-state index in [-0.39, 0.29) is 6.10 Å². The first kappa shape index (κ1) is 12.3. The van der Waals surface area contributed by atoms with Crippen LogP contribution in [0.2, 0.25) is 0 Å². The second-order valence-electron chi connectivity index (χ2n) is 4.06. The van der Waals surface area contributed by atoms with Gasteiger partial charge in [-0.3, -0.25) is 0 Å². The molecule has 1 aromatic rings. The standard InChI is InChI=1S/C13H19OSi/c1-4-5-7-11-8-6-9-12(15)13(11)14-10(2)3/h6,8-10H,4-5,7H2,1-3H3. The maximum absolute atomic E-state index is 5.82. The monoisotopic (exact) mass is 219 g/mol. The Morgan fingerprint density at radius 1 is 1.33 bits per heavy atom. The molecular formula is C13H19OSi. The maximum Gasteiger partial charge on any atom is 0.121 e. The molecule has 15 heavy (non-hydrogen) atoms. The summed E-state index contributed by atoms with van der Waals surface area (Å²) in [5.41, 5.74) is 1.30. The van der Waals surface area contributed by atoms with Crippen molar-refractivity contribution in [2.75, 3.05) is 0 Å². The zero-order valence-electron chi connectivity index (χ0n) is 9.84. The number of hydrogen-bond donors (Lipinski definition) is 0. The second kappa shape index (κ2) is 5.96. The molecule has 2 heteroatoms. The fourth-order valence-corrected chi connectivity index (χ4v) is 1.84. The van der Waals surface area contributed by atoms with Crippen LogP contribution < -0.4 is 9.92 Å². The molecule has 0 atom stereocenters. The predicted molar refractivity (Wildman–Crippen MR) is 66.2 cm³/mol. The fraction of sp³-hybridized carbons (Fsp3) is 0.538. The predicted octanol–water partition coefficient (Wildman–Crippen LogP) is 2.61. The Morgan fingerprint density at radius 3 is 2.67 bits per heavy atom. The Labute approximate surface area is 96.3 Å². The molecule has 0 amide bonds. The minimum Gasteiger partial charge on any atom is -0.491 e. The number of para-hydroxylation sites is 1. The molecule has 0 aromatic heterocycles. The molecule has 3 radical (unpaired) electrons. The van der Waals surface area contributed by atoms with E-state index in [1.54, 1.807) is 0 Å². The molecule has 0 bridgehead atoms.